The summed E-state index contributed by atoms with van der Waals surface area (Å²) in [5.74, 6) is 2.56. The van der Waals surface area contributed by atoms with Gasteiger partial charge in [0.1, 0.15) is 5.78 Å². The average Bonchev–Trinajstić information content (AvgIpc) is 2.10. The summed E-state index contributed by atoms with van der Waals surface area (Å²) in [7, 11) is 0. The largest absolute Gasteiger partial charge is 0.299 e. The van der Waals surface area contributed by atoms with Gasteiger partial charge >= 0.3 is 0 Å². The second-order valence-electron chi connectivity index (χ2n) is 7.18. The van der Waals surface area contributed by atoms with Crippen molar-refractivity contribution in [1.29, 1.82) is 0 Å². The molecule has 0 aromatic carbocycles. The van der Waals surface area contributed by atoms with E-state index in [2.05, 4.69) is 41.5 Å². The minimum atomic E-state index is 0.288. The van der Waals surface area contributed by atoms with E-state index in [9.17, 15) is 4.79 Å². The number of hydrogen-bond acceptors (Lipinski definition) is 1. The van der Waals surface area contributed by atoms with Gasteiger partial charge in [-0.25, -0.2) is 0 Å². The second kappa shape index (κ2) is 4.89. The molecule has 1 fully saturated rings. The molecule has 0 heterocycles. The number of rotatable bonds is 2. The van der Waals surface area contributed by atoms with Crippen LogP contribution >= 0.6 is 0 Å². The van der Waals surface area contributed by atoms with Crippen molar-refractivity contribution in [1.82, 2.24) is 0 Å². The second-order valence-corrected chi connectivity index (χ2v) is 7.18. The van der Waals surface area contributed by atoms with Crippen molar-refractivity contribution >= 4 is 5.78 Å². The van der Waals surface area contributed by atoms with Crippen LogP contribution in [0.3, 0.4) is 0 Å². The molecule has 0 spiro atoms. The SMILES string of the molecule is CC1CC(C(C)CC(C)(C)C)CC(C)C1=O. The van der Waals surface area contributed by atoms with Crippen LogP contribution in [-0.2, 0) is 4.79 Å². The first-order chi connectivity index (χ1) is 7.20. The molecule has 16 heavy (non-hydrogen) atoms. The van der Waals surface area contributed by atoms with E-state index in [4.69, 9.17) is 0 Å². The van der Waals surface area contributed by atoms with E-state index in [-0.39, 0.29) is 11.8 Å². The third kappa shape index (κ3) is 3.61. The molecule has 0 N–H and O–H groups in total. The number of carbonyl (C=O) groups excluding carboxylic acids is 1. The molecule has 3 unspecified atom stereocenters. The van der Waals surface area contributed by atoms with Gasteiger partial charge in [-0.2, -0.15) is 0 Å². The summed E-state index contributed by atoms with van der Waals surface area (Å²) in [6.45, 7) is 13.5. The Balaban J connectivity index is 2.58. The first kappa shape index (κ1) is 13.7. The normalized spacial score (nSPS) is 33.9. The summed E-state index contributed by atoms with van der Waals surface area (Å²) in [5.41, 5.74) is 0.410. The maximum atomic E-state index is 11.8. The Bertz CT molecular complexity index is 235. The predicted octanol–water partition coefficient (Wildman–Crippen LogP) is 4.31. The van der Waals surface area contributed by atoms with Crippen molar-refractivity contribution in [2.75, 3.05) is 0 Å². The Hall–Kier alpha value is -0.330. The Labute approximate surface area is 101 Å². The number of ketones is 1. The molecular weight excluding hydrogens is 196 g/mol. The lowest BCUT2D eigenvalue weighted by atomic mass is 9.68. The van der Waals surface area contributed by atoms with Gasteiger partial charge in [-0.05, 0) is 36.5 Å². The van der Waals surface area contributed by atoms with Gasteiger partial charge < -0.3 is 0 Å². The van der Waals surface area contributed by atoms with Gasteiger partial charge in [0.25, 0.3) is 0 Å². The molecule has 94 valence electrons. The summed E-state index contributed by atoms with van der Waals surface area (Å²) >= 11 is 0. The monoisotopic (exact) mass is 224 g/mol. The molecule has 1 aliphatic rings. The van der Waals surface area contributed by atoms with E-state index >= 15 is 0 Å². The van der Waals surface area contributed by atoms with Crippen molar-refractivity contribution in [3.8, 4) is 0 Å². The first-order valence-electron chi connectivity index (χ1n) is 6.74. The van der Waals surface area contributed by atoms with Gasteiger partial charge in [-0.3, -0.25) is 4.79 Å². The van der Waals surface area contributed by atoms with Crippen LogP contribution in [0.15, 0.2) is 0 Å². The first-order valence-corrected chi connectivity index (χ1v) is 6.74. The molecule has 0 bridgehead atoms. The quantitative estimate of drug-likeness (QED) is 0.683. The molecule has 0 aromatic rings. The highest BCUT2D eigenvalue weighted by atomic mass is 16.1. The Morgan fingerprint density at radius 2 is 1.62 bits per heavy atom. The molecule has 1 nitrogen and oxygen atoms in total. The van der Waals surface area contributed by atoms with Crippen LogP contribution in [0.2, 0.25) is 0 Å². The molecule has 0 aliphatic heterocycles. The fourth-order valence-corrected chi connectivity index (χ4v) is 3.32. The molecule has 1 heteroatoms. The highest BCUT2D eigenvalue weighted by Crippen LogP contribution is 2.39. The summed E-state index contributed by atoms with van der Waals surface area (Å²) in [5, 5.41) is 0. The number of carbonyl (C=O) groups is 1. The fourth-order valence-electron chi connectivity index (χ4n) is 3.32. The molecule has 1 saturated carbocycles. The van der Waals surface area contributed by atoms with Gasteiger partial charge in [-0.15, -0.1) is 0 Å². The number of hydrogen-bond donors (Lipinski definition) is 0. The summed E-state index contributed by atoms with van der Waals surface area (Å²) < 4.78 is 0. The van der Waals surface area contributed by atoms with E-state index in [1.165, 1.54) is 6.42 Å². The zero-order valence-corrected chi connectivity index (χ0v) is 11.8. The van der Waals surface area contributed by atoms with Gasteiger partial charge in [0.05, 0.1) is 0 Å². The van der Waals surface area contributed by atoms with Crippen LogP contribution in [0.4, 0.5) is 0 Å². The topological polar surface area (TPSA) is 17.1 Å². The molecule has 3 atom stereocenters. The van der Waals surface area contributed by atoms with E-state index in [1.807, 2.05) is 0 Å². The van der Waals surface area contributed by atoms with Gasteiger partial charge in [-0.1, -0.05) is 41.5 Å². The Kier molecular flexibility index (Phi) is 4.20. The maximum absolute atomic E-state index is 11.8. The minimum Gasteiger partial charge on any atom is -0.299 e. The fraction of sp³-hybridized carbons (Fsp3) is 0.933. The molecule has 0 amide bonds. The predicted molar refractivity (Wildman–Crippen MR) is 69.3 cm³/mol. The highest BCUT2D eigenvalue weighted by Gasteiger charge is 2.34. The van der Waals surface area contributed by atoms with Crippen molar-refractivity contribution in [2.45, 2.75) is 60.8 Å². The van der Waals surface area contributed by atoms with Gasteiger partial charge in [0.2, 0.25) is 0 Å². The molecule has 1 aliphatic carbocycles. The molecule has 0 radical (unpaired) electrons. The summed E-state index contributed by atoms with van der Waals surface area (Å²) in [4.78, 5) is 11.8. The lowest BCUT2D eigenvalue weighted by molar-refractivity contribution is -0.129. The third-order valence-corrected chi connectivity index (χ3v) is 4.02. The van der Waals surface area contributed by atoms with Crippen LogP contribution in [0, 0.1) is 29.1 Å². The van der Waals surface area contributed by atoms with Crippen LogP contribution in [0.5, 0.6) is 0 Å². The van der Waals surface area contributed by atoms with Gasteiger partial charge in [0, 0.05) is 11.8 Å². The van der Waals surface area contributed by atoms with Crippen molar-refractivity contribution < 1.29 is 4.79 Å². The number of Topliss-reactive ketones (excluding diaryl/α,β-unsaturated/α-hetero) is 1. The Morgan fingerprint density at radius 3 is 2.00 bits per heavy atom. The van der Waals surface area contributed by atoms with Crippen molar-refractivity contribution in [3.63, 3.8) is 0 Å². The van der Waals surface area contributed by atoms with Crippen LogP contribution in [0.25, 0.3) is 0 Å². The van der Waals surface area contributed by atoms with E-state index in [0.29, 0.717) is 11.2 Å². The molecule has 0 saturated heterocycles. The molecule has 1 rings (SSSR count). The zero-order valence-electron chi connectivity index (χ0n) is 11.8. The summed E-state index contributed by atoms with van der Waals surface area (Å²) in [6.07, 6.45) is 3.49. The van der Waals surface area contributed by atoms with Crippen molar-refractivity contribution in [2.24, 2.45) is 29.1 Å². The molecule has 0 aromatic heterocycles. The van der Waals surface area contributed by atoms with Crippen LogP contribution in [0.1, 0.15) is 60.8 Å². The lowest BCUT2D eigenvalue weighted by Crippen LogP contribution is -2.33. The van der Waals surface area contributed by atoms with Crippen LogP contribution < -0.4 is 0 Å². The zero-order chi connectivity index (χ0) is 12.5. The lowest BCUT2D eigenvalue weighted by Gasteiger charge is -2.36. The minimum absolute atomic E-state index is 0.288. The summed E-state index contributed by atoms with van der Waals surface area (Å²) in [6, 6.07) is 0. The third-order valence-electron chi connectivity index (χ3n) is 4.02. The van der Waals surface area contributed by atoms with E-state index < -0.39 is 0 Å². The average molecular weight is 224 g/mol. The Morgan fingerprint density at radius 1 is 1.19 bits per heavy atom. The van der Waals surface area contributed by atoms with Crippen molar-refractivity contribution in [3.05, 3.63) is 0 Å². The maximum Gasteiger partial charge on any atom is 0.138 e. The van der Waals surface area contributed by atoms with E-state index in [1.54, 1.807) is 0 Å². The highest BCUT2D eigenvalue weighted by molar-refractivity contribution is 5.83. The standard InChI is InChI=1S/C15H28O/c1-10-7-13(8-11(2)14(10)16)12(3)9-15(4,5)6/h10-13H,7-9H2,1-6H3. The molecular formula is C15H28O. The van der Waals surface area contributed by atoms with E-state index in [0.717, 1.165) is 24.7 Å². The van der Waals surface area contributed by atoms with Crippen LogP contribution in [-0.4, -0.2) is 5.78 Å². The van der Waals surface area contributed by atoms with Gasteiger partial charge in [0.15, 0.2) is 0 Å². The smallest absolute Gasteiger partial charge is 0.138 e.